The Morgan fingerprint density at radius 2 is 2.12 bits per heavy atom. The van der Waals surface area contributed by atoms with Crippen molar-refractivity contribution in [2.24, 2.45) is 0 Å². The Balaban J connectivity index is 1.74. The number of thiophene rings is 1. The Morgan fingerprint density at radius 1 is 1.25 bits per heavy atom. The molecule has 24 heavy (non-hydrogen) atoms. The van der Waals surface area contributed by atoms with Crippen molar-refractivity contribution >= 4 is 49.8 Å². The average molecular weight is 337 g/mol. The number of ether oxygens (including phenoxy) is 1. The van der Waals surface area contributed by atoms with Crippen LogP contribution in [0.4, 0.5) is 11.4 Å². The summed E-state index contributed by atoms with van der Waals surface area (Å²) in [6, 6.07) is 12.0. The van der Waals surface area contributed by atoms with Crippen LogP contribution >= 0.6 is 11.3 Å². The van der Waals surface area contributed by atoms with Gasteiger partial charge in [0, 0.05) is 28.5 Å². The SMILES string of the molecule is COC(=O)c1cc2nccc(Nc3ccc4[nH]c(C)cc4c3)c2s1. The Kier molecular flexibility index (Phi) is 3.46. The molecule has 1 aromatic carbocycles. The topological polar surface area (TPSA) is 67.0 Å². The van der Waals surface area contributed by atoms with E-state index in [2.05, 4.69) is 33.5 Å². The number of hydrogen-bond acceptors (Lipinski definition) is 5. The quantitative estimate of drug-likeness (QED) is 0.536. The third-order valence-corrected chi connectivity index (χ3v) is 4.97. The first-order chi connectivity index (χ1) is 11.6. The zero-order valence-electron chi connectivity index (χ0n) is 13.2. The van der Waals surface area contributed by atoms with Gasteiger partial charge in [-0.1, -0.05) is 0 Å². The molecule has 0 saturated carbocycles. The minimum absolute atomic E-state index is 0.340. The second kappa shape index (κ2) is 5.65. The summed E-state index contributed by atoms with van der Waals surface area (Å²) in [6.07, 6.45) is 1.73. The van der Waals surface area contributed by atoms with Crippen LogP contribution in [-0.4, -0.2) is 23.0 Å². The zero-order valence-corrected chi connectivity index (χ0v) is 14.0. The molecule has 3 aromatic heterocycles. The minimum Gasteiger partial charge on any atom is -0.465 e. The molecule has 4 rings (SSSR count). The molecule has 0 aliphatic rings. The normalized spacial score (nSPS) is 11.1. The highest BCUT2D eigenvalue weighted by Crippen LogP contribution is 2.33. The van der Waals surface area contributed by atoms with Crippen LogP contribution in [-0.2, 0) is 4.74 Å². The number of nitrogens with zero attached hydrogens (tertiary/aromatic N) is 1. The fraction of sp³-hybridized carbons (Fsp3) is 0.111. The number of methoxy groups -OCH3 is 1. The molecule has 120 valence electrons. The number of aryl methyl sites for hydroxylation is 1. The van der Waals surface area contributed by atoms with Crippen molar-refractivity contribution in [2.45, 2.75) is 6.92 Å². The lowest BCUT2D eigenvalue weighted by Crippen LogP contribution is -1.96. The maximum Gasteiger partial charge on any atom is 0.348 e. The lowest BCUT2D eigenvalue weighted by molar-refractivity contribution is 0.0606. The van der Waals surface area contributed by atoms with Crippen molar-refractivity contribution in [2.75, 3.05) is 12.4 Å². The zero-order chi connectivity index (χ0) is 16.7. The smallest absolute Gasteiger partial charge is 0.348 e. The second-order valence-electron chi connectivity index (χ2n) is 5.55. The van der Waals surface area contributed by atoms with Crippen LogP contribution in [0.5, 0.6) is 0 Å². The molecule has 0 aliphatic heterocycles. The first-order valence-corrected chi connectivity index (χ1v) is 8.29. The van der Waals surface area contributed by atoms with Gasteiger partial charge in [0.25, 0.3) is 0 Å². The van der Waals surface area contributed by atoms with Gasteiger partial charge in [-0.2, -0.15) is 0 Å². The average Bonchev–Trinajstić information content (AvgIpc) is 3.16. The summed E-state index contributed by atoms with van der Waals surface area (Å²) >= 11 is 1.38. The largest absolute Gasteiger partial charge is 0.465 e. The standard InChI is InChI=1S/C18H15N3O2S/c1-10-7-11-8-12(3-4-13(11)20-10)21-14-5-6-19-15-9-16(18(22)23-2)24-17(14)15/h3-9,20H,1-2H3,(H,19,21). The van der Waals surface area contributed by atoms with Gasteiger partial charge in [0.05, 0.1) is 23.0 Å². The number of pyridine rings is 1. The molecular formula is C18H15N3O2S. The van der Waals surface area contributed by atoms with E-state index in [9.17, 15) is 4.79 Å². The van der Waals surface area contributed by atoms with Crippen molar-refractivity contribution < 1.29 is 9.53 Å². The molecule has 2 N–H and O–H groups in total. The van der Waals surface area contributed by atoms with Gasteiger partial charge in [0.15, 0.2) is 0 Å². The summed E-state index contributed by atoms with van der Waals surface area (Å²) in [7, 11) is 1.38. The van der Waals surface area contributed by atoms with Gasteiger partial charge in [0.2, 0.25) is 0 Å². The first-order valence-electron chi connectivity index (χ1n) is 7.47. The number of rotatable bonds is 3. The van der Waals surface area contributed by atoms with E-state index in [1.54, 1.807) is 12.3 Å². The van der Waals surface area contributed by atoms with E-state index >= 15 is 0 Å². The van der Waals surface area contributed by atoms with Crippen molar-refractivity contribution in [1.82, 2.24) is 9.97 Å². The number of benzene rings is 1. The third kappa shape index (κ3) is 2.51. The first kappa shape index (κ1) is 14.7. The van der Waals surface area contributed by atoms with Gasteiger partial charge in [-0.3, -0.25) is 4.98 Å². The number of aromatic amines is 1. The Morgan fingerprint density at radius 3 is 2.96 bits per heavy atom. The van der Waals surface area contributed by atoms with Crippen molar-refractivity contribution in [3.8, 4) is 0 Å². The lowest BCUT2D eigenvalue weighted by Gasteiger charge is -2.07. The van der Waals surface area contributed by atoms with Gasteiger partial charge >= 0.3 is 5.97 Å². The lowest BCUT2D eigenvalue weighted by atomic mass is 10.2. The number of carbonyl (C=O) groups is 1. The molecule has 3 heterocycles. The molecule has 0 amide bonds. The minimum atomic E-state index is -0.340. The summed E-state index contributed by atoms with van der Waals surface area (Å²) in [5.74, 6) is -0.340. The molecule has 4 aromatic rings. The number of anilines is 2. The molecule has 5 nitrogen and oxygen atoms in total. The predicted octanol–water partition coefficient (Wildman–Crippen LogP) is 4.62. The number of hydrogen-bond donors (Lipinski definition) is 2. The third-order valence-electron chi connectivity index (χ3n) is 3.83. The Bertz CT molecular complexity index is 1060. The number of esters is 1. The summed E-state index contributed by atoms with van der Waals surface area (Å²) < 4.78 is 5.73. The molecule has 6 heteroatoms. The molecule has 0 aliphatic carbocycles. The van der Waals surface area contributed by atoms with Gasteiger partial charge < -0.3 is 15.0 Å². The fourth-order valence-corrected chi connectivity index (χ4v) is 3.75. The van der Waals surface area contributed by atoms with Crippen molar-refractivity contribution in [3.63, 3.8) is 0 Å². The number of carbonyl (C=O) groups excluding carboxylic acids is 1. The fourth-order valence-electron chi connectivity index (χ4n) is 2.75. The second-order valence-corrected chi connectivity index (χ2v) is 6.61. The van der Waals surface area contributed by atoms with Crippen molar-refractivity contribution in [3.05, 3.63) is 53.2 Å². The predicted molar refractivity (Wildman–Crippen MR) is 97.3 cm³/mol. The summed E-state index contributed by atoms with van der Waals surface area (Å²) in [5, 5.41) is 4.58. The number of aromatic nitrogens is 2. The van der Waals surface area contributed by atoms with Crippen LogP contribution in [0.3, 0.4) is 0 Å². The van der Waals surface area contributed by atoms with Crippen LogP contribution in [0.1, 0.15) is 15.4 Å². The Hall–Kier alpha value is -2.86. The molecule has 0 fully saturated rings. The van der Waals surface area contributed by atoms with Crippen LogP contribution in [0, 0.1) is 6.92 Å². The van der Waals surface area contributed by atoms with Crippen LogP contribution < -0.4 is 5.32 Å². The maximum atomic E-state index is 11.7. The van der Waals surface area contributed by atoms with Gasteiger partial charge in [-0.05, 0) is 43.3 Å². The van der Waals surface area contributed by atoms with E-state index in [0.717, 1.165) is 38.2 Å². The van der Waals surface area contributed by atoms with Crippen LogP contribution in [0.15, 0.2) is 42.6 Å². The van der Waals surface area contributed by atoms with E-state index in [1.165, 1.54) is 18.4 Å². The monoisotopic (exact) mass is 337 g/mol. The van der Waals surface area contributed by atoms with E-state index in [0.29, 0.717) is 4.88 Å². The molecule has 0 spiro atoms. The van der Waals surface area contributed by atoms with Gasteiger partial charge in [-0.25, -0.2) is 4.79 Å². The number of fused-ring (bicyclic) bond motifs is 2. The van der Waals surface area contributed by atoms with E-state index < -0.39 is 0 Å². The number of H-pyrrole nitrogens is 1. The summed E-state index contributed by atoms with van der Waals surface area (Å²) in [6.45, 7) is 2.04. The van der Waals surface area contributed by atoms with E-state index in [-0.39, 0.29) is 5.97 Å². The molecule has 0 saturated heterocycles. The highest BCUT2D eigenvalue weighted by atomic mass is 32.1. The molecular weight excluding hydrogens is 322 g/mol. The van der Waals surface area contributed by atoms with Crippen molar-refractivity contribution in [1.29, 1.82) is 0 Å². The highest BCUT2D eigenvalue weighted by molar-refractivity contribution is 7.21. The Labute approximate surface area is 142 Å². The molecule has 0 atom stereocenters. The summed E-state index contributed by atoms with van der Waals surface area (Å²) in [5.41, 5.74) is 4.94. The highest BCUT2D eigenvalue weighted by Gasteiger charge is 2.13. The van der Waals surface area contributed by atoms with Crippen LogP contribution in [0.25, 0.3) is 21.1 Å². The molecule has 0 unspecified atom stereocenters. The van der Waals surface area contributed by atoms with E-state index in [1.807, 2.05) is 19.1 Å². The van der Waals surface area contributed by atoms with Gasteiger partial charge in [0.1, 0.15) is 4.88 Å². The van der Waals surface area contributed by atoms with E-state index in [4.69, 9.17) is 4.74 Å². The number of nitrogens with one attached hydrogen (secondary N) is 2. The molecule has 0 bridgehead atoms. The molecule has 0 radical (unpaired) electrons. The summed E-state index contributed by atoms with van der Waals surface area (Å²) in [4.78, 5) is 19.9. The maximum absolute atomic E-state index is 11.7. The van der Waals surface area contributed by atoms with Crippen LogP contribution in [0.2, 0.25) is 0 Å². The van der Waals surface area contributed by atoms with Gasteiger partial charge in [-0.15, -0.1) is 11.3 Å².